The number of nitrogens with zero attached hydrogens (tertiary/aromatic N) is 1. The molecule has 0 aliphatic carbocycles. The number of pyridine rings is 1. The first-order chi connectivity index (χ1) is 15.3. The molecule has 3 heterocycles. The van der Waals surface area contributed by atoms with Crippen LogP contribution >= 0.6 is 0 Å². The van der Waals surface area contributed by atoms with Gasteiger partial charge in [-0.25, -0.2) is 4.39 Å². The molecule has 5 rings (SSSR count). The van der Waals surface area contributed by atoms with Crippen LogP contribution in [0.4, 0.5) is 4.39 Å². The van der Waals surface area contributed by atoms with Gasteiger partial charge in [-0.05, 0) is 46.5 Å². The number of rotatable bonds is 5. The average Bonchev–Trinajstić information content (AvgIpc) is 3.34. The summed E-state index contributed by atoms with van der Waals surface area (Å²) in [6.45, 7) is 0. The minimum absolute atomic E-state index is 0.0794. The lowest BCUT2D eigenvalue weighted by Gasteiger charge is -2.24. The van der Waals surface area contributed by atoms with E-state index in [-0.39, 0.29) is 23.7 Å². The maximum atomic E-state index is 13.4. The van der Waals surface area contributed by atoms with Crippen molar-refractivity contribution in [3.05, 3.63) is 83.9 Å². The van der Waals surface area contributed by atoms with Crippen LogP contribution < -0.4 is 4.18 Å². The van der Waals surface area contributed by atoms with E-state index in [1.54, 1.807) is 36.4 Å². The van der Waals surface area contributed by atoms with Gasteiger partial charge in [0, 0.05) is 12.5 Å². The second-order valence-electron chi connectivity index (χ2n) is 7.66. The van der Waals surface area contributed by atoms with E-state index in [1.165, 1.54) is 12.1 Å². The number of aromatic hydroxyl groups is 2. The molecule has 1 fully saturated rings. The molecule has 0 saturated carbocycles. The van der Waals surface area contributed by atoms with Crippen molar-refractivity contribution in [2.45, 2.75) is 23.9 Å². The van der Waals surface area contributed by atoms with Gasteiger partial charge >= 0.3 is 10.1 Å². The van der Waals surface area contributed by atoms with Crippen molar-refractivity contribution in [2.24, 2.45) is 0 Å². The van der Waals surface area contributed by atoms with Crippen molar-refractivity contribution in [3.63, 3.8) is 0 Å². The molecule has 1 saturated heterocycles. The Morgan fingerprint density at radius 2 is 1.53 bits per heavy atom. The van der Waals surface area contributed by atoms with Crippen molar-refractivity contribution in [1.82, 2.24) is 4.98 Å². The van der Waals surface area contributed by atoms with Crippen LogP contribution in [0.2, 0.25) is 0 Å². The quantitative estimate of drug-likeness (QED) is 0.567. The van der Waals surface area contributed by atoms with Crippen LogP contribution in [0.3, 0.4) is 0 Å². The number of hydrogen-bond acceptors (Lipinski definition) is 7. The molecule has 164 valence electrons. The highest BCUT2D eigenvalue weighted by atomic mass is 32.2. The van der Waals surface area contributed by atoms with E-state index in [9.17, 15) is 23.0 Å². The van der Waals surface area contributed by atoms with Gasteiger partial charge in [-0.15, -0.1) is 0 Å². The summed E-state index contributed by atoms with van der Waals surface area (Å²) in [7, 11) is -4.18. The van der Waals surface area contributed by atoms with Crippen LogP contribution in [0, 0.1) is 5.82 Å². The summed E-state index contributed by atoms with van der Waals surface area (Å²) in [5.41, 5.74) is 2.98. The standard InChI is InChI=1S/C23H18FNO6S/c24-15-9-18(12-25-11-15)31-32(28,29)20-10-19-21(13-1-5-16(26)6-2-13)22(23(20)30-19)14-3-7-17(27)8-4-14/h1-9,11-12,19-20,23,26-27H,10H2. The van der Waals surface area contributed by atoms with Crippen LogP contribution in [0.15, 0.2) is 67.0 Å². The summed E-state index contributed by atoms with van der Waals surface area (Å²) in [5, 5.41) is 18.3. The summed E-state index contributed by atoms with van der Waals surface area (Å²) in [4.78, 5) is 3.62. The van der Waals surface area contributed by atoms with Gasteiger partial charge in [-0.1, -0.05) is 24.3 Å². The number of halogens is 1. The Bertz CT molecular complexity index is 1310. The lowest BCUT2D eigenvalue weighted by Crippen LogP contribution is -2.35. The zero-order valence-electron chi connectivity index (χ0n) is 16.6. The highest BCUT2D eigenvalue weighted by molar-refractivity contribution is 7.87. The fourth-order valence-corrected chi connectivity index (χ4v) is 5.66. The van der Waals surface area contributed by atoms with Gasteiger partial charge in [-0.3, -0.25) is 4.98 Å². The average molecular weight is 455 g/mol. The molecule has 2 N–H and O–H groups in total. The number of fused-ring (bicyclic) bond motifs is 2. The number of hydrogen-bond donors (Lipinski definition) is 2. The van der Waals surface area contributed by atoms with Crippen molar-refractivity contribution in [2.75, 3.05) is 0 Å². The topological polar surface area (TPSA) is 106 Å². The molecule has 9 heteroatoms. The number of phenolic OH excluding ortho intramolecular Hbond substituents is 2. The molecule has 1 aromatic heterocycles. The monoisotopic (exact) mass is 455 g/mol. The maximum Gasteiger partial charge on any atom is 0.315 e. The third-order valence-corrected chi connectivity index (χ3v) is 7.22. The second kappa shape index (κ2) is 7.61. The Labute approximate surface area is 183 Å². The van der Waals surface area contributed by atoms with Gasteiger partial charge in [0.1, 0.15) is 28.7 Å². The van der Waals surface area contributed by atoms with Gasteiger partial charge < -0.3 is 19.1 Å². The lowest BCUT2D eigenvalue weighted by atomic mass is 9.83. The molecule has 7 nitrogen and oxygen atoms in total. The van der Waals surface area contributed by atoms with Crippen molar-refractivity contribution in [3.8, 4) is 17.2 Å². The van der Waals surface area contributed by atoms with E-state index >= 15 is 0 Å². The molecule has 2 aromatic carbocycles. The molecule has 3 unspecified atom stereocenters. The fourth-order valence-electron chi connectivity index (χ4n) is 4.27. The smallest absolute Gasteiger partial charge is 0.315 e. The van der Waals surface area contributed by atoms with Crippen molar-refractivity contribution < 1.29 is 31.9 Å². The first kappa shape index (κ1) is 20.5. The maximum absolute atomic E-state index is 13.4. The van der Waals surface area contributed by atoms with Crippen LogP contribution in [0.5, 0.6) is 17.2 Å². The molecular weight excluding hydrogens is 437 g/mol. The largest absolute Gasteiger partial charge is 0.508 e. The molecule has 3 aromatic rings. The van der Waals surface area contributed by atoms with E-state index in [1.807, 2.05) is 0 Å². The summed E-state index contributed by atoms with van der Waals surface area (Å²) in [5.74, 6) is -0.722. The molecule has 0 radical (unpaired) electrons. The SMILES string of the molecule is O=S(=O)(Oc1cncc(F)c1)C1CC2OC1C(c1ccc(O)cc1)=C2c1ccc(O)cc1. The van der Waals surface area contributed by atoms with E-state index < -0.39 is 33.4 Å². The number of benzene rings is 2. The Morgan fingerprint density at radius 3 is 2.12 bits per heavy atom. The zero-order valence-corrected chi connectivity index (χ0v) is 17.4. The highest BCUT2D eigenvalue weighted by Crippen LogP contribution is 2.51. The highest BCUT2D eigenvalue weighted by Gasteiger charge is 2.53. The summed E-state index contributed by atoms with van der Waals surface area (Å²) >= 11 is 0. The van der Waals surface area contributed by atoms with Crippen molar-refractivity contribution >= 4 is 21.3 Å². The van der Waals surface area contributed by atoms with Gasteiger partial charge in [0.25, 0.3) is 0 Å². The third-order valence-electron chi connectivity index (χ3n) is 5.61. The van der Waals surface area contributed by atoms with Crippen LogP contribution in [0.1, 0.15) is 17.5 Å². The predicted octanol–water partition coefficient (Wildman–Crippen LogP) is 3.49. The normalized spacial score (nSPS) is 22.3. The number of ether oxygens (including phenoxy) is 1. The molecular formula is C23H18FNO6S. The Morgan fingerprint density at radius 1 is 0.938 bits per heavy atom. The van der Waals surface area contributed by atoms with Crippen molar-refractivity contribution in [1.29, 1.82) is 0 Å². The first-order valence-electron chi connectivity index (χ1n) is 9.84. The van der Waals surface area contributed by atoms with Gasteiger partial charge in [-0.2, -0.15) is 8.42 Å². The van der Waals surface area contributed by atoms with E-state index in [4.69, 9.17) is 8.92 Å². The molecule has 0 amide bonds. The van der Waals surface area contributed by atoms with E-state index in [0.29, 0.717) is 11.1 Å². The molecule has 32 heavy (non-hydrogen) atoms. The predicted molar refractivity (Wildman–Crippen MR) is 114 cm³/mol. The van der Waals surface area contributed by atoms with Crippen LogP contribution in [-0.2, 0) is 14.9 Å². The Hall–Kier alpha value is -3.43. The third kappa shape index (κ3) is 3.59. The second-order valence-corrected chi connectivity index (χ2v) is 9.41. The minimum Gasteiger partial charge on any atom is -0.508 e. The number of aromatic nitrogens is 1. The fraction of sp³-hybridized carbons (Fsp3) is 0.174. The zero-order chi connectivity index (χ0) is 22.5. The molecule has 0 spiro atoms. The van der Waals surface area contributed by atoms with Gasteiger partial charge in [0.2, 0.25) is 0 Å². The van der Waals surface area contributed by atoms with Crippen LogP contribution in [-0.4, -0.2) is 41.1 Å². The molecule has 2 aliphatic rings. The minimum atomic E-state index is -4.18. The molecule has 3 atom stereocenters. The Balaban J connectivity index is 1.56. The van der Waals surface area contributed by atoms with Crippen LogP contribution in [0.25, 0.3) is 11.1 Å². The van der Waals surface area contributed by atoms with E-state index in [0.717, 1.165) is 29.6 Å². The van der Waals surface area contributed by atoms with E-state index in [2.05, 4.69) is 4.98 Å². The molecule has 2 bridgehead atoms. The summed E-state index contributed by atoms with van der Waals surface area (Å²) in [6.07, 6.45) is 0.915. The Kier molecular flexibility index (Phi) is 4.87. The summed E-state index contributed by atoms with van der Waals surface area (Å²) < 4.78 is 50.8. The first-order valence-corrected chi connectivity index (χ1v) is 11.3. The summed E-state index contributed by atoms with van der Waals surface area (Å²) in [6, 6.07) is 14.0. The number of phenols is 2. The van der Waals surface area contributed by atoms with Gasteiger partial charge in [0.05, 0.1) is 18.5 Å². The lowest BCUT2D eigenvalue weighted by molar-refractivity contribution is 0.128. The molecule has 2 aliphatic heterocycles. The van der Waals surface area contributed by atoms with Gasteiger partial charge in [0.15, 0.2) is 5.75 Å².